The van der Waals surface area contributed by atoms with Gasteiger partial charge in [-0.1, -0.05) is 13.8 Å². The van der Waals surface area contributed by atoms with E-state index in [1.165, 1.54) is 0 Å². The van der Waals surface area contributed by atoms with Crippen molar-refractivity contribution in [3.63, 3.8) is 0 Å². The molecule has 0 atom stereocenters. The molecule has 0 saturated carbocycles. The molecule has 1 heterocycles. The van der Waals surface area contributed by atoms with Gasteiger partial charge in [-0.2, -0.15) is 0 Å². The molecule has 0 unspecified atom stereocenters. The maximum Gasteiger partial charge on any atom is 0.253 e. The summed E-state index contributed by atoms with van der Waals surface area (Å²) >= 11 is 0. The predicted molar refractivity (Wildman–Crippen MR) is 91.7 cm³/mol. The van der Waals surface area contributed by atoms with Gasteiger partial charge in [0, 0.05) is 29.4 Å². The fourth-order valence-electron chi connectivity index (χ4n) is 2.61. The zero-order valence-electron chi connectivity index (χ0n) is 14.0. The lowest BCUT2D eigenvalue weighted by Gasteiger charge is -2.22. The van der Waals surface area contributed by atoms with Crippen molar-refractivity contribution >= 4 is 16.8 Å². The first-order valence-corrected chi connectivity index (χ1v) is 8.06. The average molecular weight is 316 g/mol. The second kappa shape index (κ2) is 7.81. The Bertz CT molecular complexity index is 737. The molecule has 2 aromatic rings. The number of hydrogen-bond acceptors (Lipinski definition) is 3. The molecule has 0 saturated heterocycles. The number of ether oxygens (including phenoxy) is 1. The molecule has 0 radical (unpaired) electrons. The molecule has 0 bridgehead atoms. The van der Waals surface area contributed by atoms with Crippen LogP contribution in [-0.4, -0.2) is 29.4 Å². The van der Waals surface area contributed by atoms with Crippen LogP contribution >= 0.6 is 0 Å². The average Bonchev–Trinajstić information content (AvgIpc) is 2.54. The van der Waals surface area contributed by atoms with Crippen LogP contribution in [0.5, 0.6) is 5.75 Å². The van der Waals surface area contributed by atoms with Crippen molar-refractivity contribution in [2.24, 2.45) is 0 Å². The van der Waals surface area contributed by atoms with Crippen molar-refractivity contribution in [3.05, 3.63) is 40.2 Å². The highest BCUT2D eigenvalue weighted by Crippen LogP contribution is 2.19. The first-order chi connectivity index (χ1) is 11.1. The highest BCUT2D eigenvalue weighted by molar-refractivity contribution is 5.81. The molecule has 1 amide bonds. The summed E-state index contributed by atoms with van der Waals surface area (Å²) in [6.07, 6.45) is 2.19. The first kappa shape index (κ1) is 17.1. The molecule has 124 valence electrons. The number of methoxy groups -OCH3 is 1. The molecule has 1 N–H and O–H groups in total. The topological polar surface area (TPSA) is 62.4 Å². The van der Waals surface area contributed by atoms with Crippen LogP contribution in [0.15, 0.2) is 29.1 Å². The van der Waals surface area contributed by atoms with Gasteiger partial charge in [-0.3, -0.25) is 9.59 Å². The number of carbonyl (C=O) groups is 1. The summed E-state index contributed by atoms with van der Waals surface area (Å²) in [4.78, 5) is 29.1. The molecule has 5 heteroatoms. The fourth-order valence-corrected chi connectivity index (χ4v) is 2.61. The standard InChI is InChI=1S/C18H24N2O3/c1-4-6-17(21)20(9-5-2)12-14-10-13-11-15(23-3)7-8-16(13)19-18(14)22/h7-8,10-11H,4-6,9,12H2,1-3H3,(H,19,22). The predicted octanol–water partition coefficient (Wildman–Crippen LogP) is 3.08. The third-order valence-corrected chi connectivity index (χ3v) is 3.80. The van der Waals surface area contributed by atoms with E-state index in [4.69, 9.17) is 4.74 Å². The van der Waals surface area contributed by atoms with Crippen molar-refractivity contribution in [1.29, 1.82) is 0 Å². The summed E-state index contributed by atoms with van der Waals surface area (Å²) in [6, 6.07) is 7.36. The number of aromatic nitrogens is 1. The van der Waals surface area contributed by atoms with Gasteiger partial charge in [0.05, 0.1) is 13.7 Å². The number of nitrogens with zero attached hydrogens (tertiary/aromatic N) is 1. The Morgan fingerprint density at radius 2 is 2.00 bits per heavy atom. The molecule has 0 aliphatic rings. The van der Waals surface area contributed by atoms with Crippen molar-refractivity contribution in [3.8, 4) is 5.75 Å². The van der Waals surface area contributed by atoms with Gasteiger partial charge in [-0.15, -0.1) is 0 Å². The second-order valence-electron chi connectivity index (χ2n) is 5.64. The summed E-state index contributed by atoms with van der Waals surface area (Å²) in [7, 11) is 1.61. The number of amides is 1. The van der Waals surface area contributed by atoms with Gasteiger partial charge in [-0.25, -0.2) is 0 Å². The molecule has 2 rings (SSSR count). The number of hydrogen-bond donors (Lipinski definition) is 1. The highest BCUT2D eigenvalue weighted by Gasteiger charge is 2.14. The molecular formula is C18H24N2O3. The number of rotatable bonds is 7. The van der Waals surface area contributed by atoms with Crippen LogP contribution in [-0.2, 0) is 11.3 Å². The van der Waals surface area contributed by atoms with Gasteiger partial charge < -0.3 is 14.6 Å². The van der Waals surface area contributed by atoms with Crippen LogP contribution in [0.4, 0.5) is 0 Å². The number of aromatic amines is 1. The van der Waals surface area contributed by atoms with E-state index in [9.17, 15) is 9.59 Å². The number of pyridine rings is 1. The highest BCUT2D eigenvalue weighted by atomic mass is 16.5. The monoisotopic (exact) mass is 316 g/mol. The first-order valence-electron chi connectivity index (χ1n) is 8.06. The van der Waals surface area contributed by atoms with Crippen LogP contribution in [0, 0.1) is 0 Å². The summed E-state index contributed by atoms with van der Waals surface area (Å²) in [5.74, 6) is 0.836. The number of benzene rings is 1. The van der Waals surface area contributed by atoms with Gasteiger partial charge in [0.2, 0.25) is 5.91 Å². The van der Waals surface area contributed by atoms with Crippen LogP contribution in [0.1, 0.15) is 38.7 Å². The van der Waals surface area contributed by atoms with E-state index >= 15 is 0 Å². The molecule has 0 aliphatic heterocycles. The smallest absolute Gasteiger partial charge is 0.253 e. The Kier molecular flexibility index (Phi) is 5.79. The molecule has 1 aromatic carbocycles. The summed E-state index contributed by atoms with van der Waals surface area (Å²) in [5.41, 5.74) is 1.22. The maximum atomic E-state index is 12.3. The van der Waals surface area contributed by atoms with Gasteiger partial charge in [0.25, 0.3) is 5.56 Å². The zero-order chi connectivity index (χ0) is 16.8. The van der Waals surface area contributed by atoms with E-state index in [0.29, 0.717) is 25.1 Å². The SMILES string of the molecule is CCCC(=O)N(CCC)Cc1cc2cc(OC)ccc2[nH]c1=O. The Hall–Kier alpha value is -2.30. The van der Waals surface area contributed by atoms with E-state index in [0.717, 1.165) is 29.5 Å². The maximum absolute atomic E-state index is 12.3. The van der Waals surface area contributed by atoms with E-state index in [1.54, 1.807) is 12.0 Å². The number of nitrogens with one attached hydrogen (secondary N) is 1. The third-order valence-electron chi connectivity index (χ3n) is 3.80. The van der Waals surface area contributed by atoms with Gasteiger partial charge in [0.1, 0.15) is 5.75 Å². The van der Waals surface area contributed by atoms with Crippen LogP contribution in [0.25, 0.3) is 10.9 Å². The fraction of sp³-hybridized carbons (Fsp3) is 0.444. The van der Waals surface area contributed by atoms with Gasteiger partial charge in [-0.05, 0) is 37.1 Å². The minimum Gasteiger partial charge on any atom is -0.497 e. The minimum atomic E-state index is -0.145. The number of fused-ring (bicyclic) bond motifs is 1. The minimum absolute atomic E-state index is 0.0967. The summed E-state index contributed by atoms with van der Waals surface area (Å²) in [6.45, 7) is 5.02. The van der Waals surface area contributed by atoms with Crippen molar-refractivity contribution in [1.82, 2.24) is 9.88 Å². The molecule has 23 heavy (non-hydrogen) atoms. The van der Waals surface area contributed by atoms with Crippen LogP contribution in [0.2, 0.25) is 0 Å². The molecule has 0 fully saturated rings. The summed E-state index contributed by atoms with van der Waals surface area (Å²) < 4.78 is 5.23. The van der Waals surface area contributed by atoms with E-state index < -0.39 is 0 Å². The van der Waals surface area contributed by atoms with Gasteiger partial charge >= 0.3 is 0 Å². The summed E-state index contributed by atoms with van der Waals surface area (Å²) in [5, 5.41) is 0.901. The largest absolute Gasteiger partial charge is 0.497 e. The zero-order valence-corrected chi connectivity index (χ0v) is 14.0. The molecule has 0 aliphatic carbocycles. The lowest BCUT2D eigenvalue weighted by molar-refractivity contribution is -0.131. The molecule has 1 aromatic heterocycles. The van der Waals surface area contributed by atoms with Crippen LogP contribution in [0.3, 0.4) is 0 Å². The van der Waals surface area contributed by atoms with Crippen LogP contribution < -0.4 is 10.3 Å². The van der Waals surface area contributed by atoms with E-state index in [1.807, 2.05) is 38.1 Å². The Balaban J connectivity index is 2.34. The Morgan fingerprint density at radius 1 is 1.22 bits per heavy atom. The Labute approximate surface area is 136 Å². The van der Waals surface area contributed by atoms with Crippen molar-refractivity contribution < 1.29 is 9.53 Å². The lowest BCUT2D eigenvalue weighted by atomic mass is 10.1. The number of H-pyrrole nitrogens is 1. The second-order valence-corrected chi connectivity index (χ2v) is 5.64. The Morgan fingerprint density at radius 3 is 2.65 bits per heavy atom. The molecule has 0 spiro atoms. The van der Waals surface area contributed by atoms with E-state index in [-0.39, 0.29) is 11.5 Å². The molecular weight excluding hydrogens is 292 g/mol. The third kappa shape index (κ3) is 4.12. The van der Waals surface area contributed by atoms with Crippen molar-refractivity contribution in [2.45, 2.75) is 39.7 Å². The lowest BCUT2D eigenvalue weighted by Crippen LogP contribution is -2.33. The van der Waals surface area contributed by atoms with Gasteiger partial charge in [0.15, 0.2) is 0 Å². The normalized spacial score (nSPS) is 10.7. The quantitative estimate of drug-likeness (QED) is 0.854. The van der Waals surface area contributed by atoms with Crippen molar-refractivity contribution in [2.75, 3.05) is 13.7 Å². The molecule has 5 nitrogen and oxygen atoms in total. The van der Waals surface area contributed by atoms with E-state index in [2.05, 4.69) is 4.98 Å². The number of carbonyl (C=O) groups excluding carboxylic acids is 1.